The molecule has 0 saturated carbocycles. The molecule has 0 unspecified atom stereocenters. The Kier molecular flexibility index (Phi) is 13.9. The number of ether oxygens (including phenoxy) is 4. The van der Waals surface area contributed by atoms with Gasteiger partial charge in [-0.15, -0.1) is 0 Å². The zero-order valence-corrected chi connectivity index (χ0v) is 42.7. The first kappa shape index (κ1) is 47.9. The molecule has 10 aromatic carbocycles. The Balaban J connectivity index is 0.813. The van der Waals surface area contributed by atoms with Crippen molar-refractivity contribution in [2.24, 2.45) is 0 Å². The summed E-state index contributed by atoms with van der Waals surface area (Å²) in [6.45, 7) is 0. The maximum Gasteiger partial charge on any atom is 0.206 e. The lowest BCUT2D eigenvalue weighted by molar-refractivity contribution is 0.470. The van der Waals surface area contributed by atoms with Gasteiger partial charge in [0.1, 0.15) is 46.0 Å². The highest BCUT2D eigenvalue weighted by Crippen LogP contribution is 2.42. The summed E-state index contributed by atoms with van der Waals surface area (Å²) in [5.74, 6) is 4.07. The van der Waals surface area contributed by atoms with Crippen molar-refractivity contribution in [1.82, 2.24) is 0 Å². The first-order chi connectivity index (χ1) is 35.0. The molecular weight excluding hydrogens is 1070 g/mol. The number of hydrogen-bond acceptors (Lipinski definition) is 8. The predicted molar refractivity (Wildman–Crippen MR) is 288 cm³/mol. The molecule has 0 N–H and O–H groups in total. The Labute approximate surface area is 434 Å². The molecular formula is C60H40Br2O8S2. The number of halogens is 2. The highest BCUT2D eigenvalue weighted by Gasteiger charge is 2.21. The van der Waals surface area contributed by atoms with Crippen molar-refractivity contribution in [1.29, 1.82) is 0 Å². The standard InChI is InChI=1S/C60H40Br2O8S2/c61-54-18-10-20-57(59(54)42-14-6-2-7-15-42)69-46-26-35-51(36-27-46)71(63,64)49-31-22-44(23-32-49)67-48-30-39-56(53(40-48)41-12-4-1-5-13-41)68-45-24-33-50(34-25-45)72(65,66)52-37-28-47(29-38-52)70-58-21-11-19-55(62)60(58)43-16-8-3-9-17-43/h1-40H. The van der Waals surface area contributed by atoms with E-state index in [-0.39, 0.29) is 19.6 Å². The second-order valence-corrected chi connectivity index (χ2v) is 21.9. The van der Waals surface area contributed by atoms with E-state index in [0.717, 1.165) is 36.8 Å². The van der Waals surface area contributed by atoms with Crippen LogP contribution in [0, 0.1) is 0 Å². The van der Waals surface area contributed by atoms with Crippen LogP contribution < -0.4 is 18.9 Å². The molecule has 0 heterocycles. The van der Waals surface area contributed by atoms with E-state index in [9.17, 15) is 16.8 Å². The van der Waals surface area contributed by atoms with Crippen molar-refractivity contribution in [3.8, 4) is 79.4 Å². The summed E-state index contributed by atoms with van der Waals surface area (Å²) >= 11 is 7.29. The zero-order chi connectivity index (χ0) is 49.7. The van der Waals surface area contributed by atoms with Gasteiger partial charge in [0.05, 0.1) is 19.6 Å². The lowest BCUT2D eigenvalue weighted by Crippen LogP contribution is -2.02. The van der Waals surface area contributed by atoms with Gasteiger partial charge in [0.15, 0.2) is 0 Å². The van der Waals surface area contributed by atoms with Gasteiger partial charge < -0.3 is 18.9 Å². The van der Waals surface area contributed by atoms with Gasteiger partial charge in [-0.3, -0.25) is 0 Å². The topological polar surface area (TPSA) is 105 Å². The average molecular weight is 1110 g/mol. The van der Waals surface area contributed by atoms with Gasteiger partial charge in [-0.05, 0) is 156 Å². The summed E-state index contributed by atoms with van der Waals surface area (Å²) in [7, 11) is -7.76. The molecule has 0 spiro atoms. The van der Waals surface area contributed by atoms with Crippen LogP contribution in [0.3, 0.4) is 0 Å². The second-order valence-electron chi connectivity index (χ2n) is 16.3. The summed E-state index contributed by atoms with van der Waals surface area (Å²) in [6, 6.07) is 71.3. The molecule has 72 heavy (non-hydrogen) atoms. The van der Waals surface area contributed by atoms with E-state index in [4.69, 9.17) is 18.9 Å². The van der Waals surface area contributed by atoms with Crippen LogP contribution in [0.15, 0.2) is 271 Å². The lowest BCUT2D eigenvalue weighted by Gasteiger charge is -2.15. The van der Waals surface area contributed by atoms with Crippen molar-refractivity contribution in [2.75, 3.05) is 0 Å². The molecule has 0 atom stereocenters. The minimum Gasteiger partial charge on any atom is -0.457 e. The fraction of sp³-hybridized carbons (Fsp3) is 0. The summed E-state index contributed by atoms with van der Waals surface area (Å²) < 4.78 is 82.0. The van der Waals surface area contributed by atoms with Crippen molar-refractivity contribution < 1.29 is 35.8 Å². The number of benzene rings is 10. The summed E-state index contributed by atoms with van der Waals surface area (Å²) in [5.41, 5.74) is 5.30. The van der Waals surface area contributed by atoms with E-state index in [2.05, 4.69) is 31.9 Å². The van der Waals surface area contributed by atoms with Crippen molar-refractivity contribution >= 4 is 51.5 Å². The first-order valence-electron chi connectivity index (χ1n) is 22.5. The van der Waals surface area contributed by atoms with Crippen LogP contribution >= 0.6 is 31.9 Å². The Morgan fingerprint density at radius 3 is 0.972 bits per heavy atom. The molecule has 10 rings (SSSR count). The Morgan fingerprint density at radius 2 is 0.597 bits per heavy atom. The highest BCUT2D eigenvalue weighted by atomic mass is 79.9. The van der Waals surface area contributed by atoms with Gasteiger partial charge in [-0.2, -0.15) is 0 Å². The van der Waals surface area contributed by atoms with Crippen LogP contribution in [0.5, 0.6) is 46.0 Å². The molecule has 10 aromatic rings. The lowest BCUT2D eigenvalue weighted by atomic mass is 10.0. The van der Waals surface area contributed by atoms with Gasteiger partial charge in [0.25, 0.3) is 0 Å². The van der Waals surface area contributed by atoms with Crippen LogP contribution in [-0.4, -0.2) is 16.8 Å². The summed E-state index contributed by atoms with van der Waals surface area (Å²) in [6.07, 6.45) is 0. The molecule has 8 nitrogen and oxygen atoms in total. The van der Waals surface area contributed by atoms with Gasteiger partial charge in [-0.25, -0.2) is 16.8 Å². The third-order valence-electron chi connectivity index (χ3n) is 11.6. The smallest absolute Gasteiger partial charge is 0.206 e. The average Bonchev–Trinajstić information content (AvgIpc) is 3.40. The Bertz CT molecular complexity index is 3750. The molecule has 12 heteroatoms. The molecule has 0 aliphatic rings. The van der Waals surface area contributed by atoms with E-state index >= 15 is 0 Å². The quantitative estimate of drug-likeness (QED) is 0.1000. The maximum atomic E-state index is 13.8. The minimum absolute atomic E-state index is 0.102. The van der Waals surface area contributed by atoms with Crippen LogP contribution in [0.4, 0.5) is 0 Å². The van der Waals surface area contributed by atoms with Crippen molar-refractivity contribution in [2.45, 2.75) is 19.6 Å². The van der Waals surface area contributed by atoms with E-state index < -0.39 is 19.7 Å². The molecule has 0 amide bonds. The minimum atomic E-state index is -3.88. The van der Waals surface area contributed by atoms with Gasteiger partial charge >= 0.3 is 0 Å². The summed E-state index contributed by atoms with van der Waals surface area (Å²) in [4.78, 5) is 0.441. The molecule has 0 aliphatic carbocycles. The molecule has 0 aliphatic heterocycles. The molecule has 354 valence electrons. The SMILES string of the molecule is O=S(=O)(c1ccc(Oc2ccc(Oc3ccc(S(=O)(=O)c4ccc(Oc5cccc(Br)c5-c5ccccc5)cc4)cc3)c(-c3ccccc3)c2)cc1)c1ccc(Oc2cccc(Br)c2-c2ccccc2)cc1. The zero-order valence-electron chi connectivity index (χ0n) is 37.9. The van der Waals surface area contributed by atoms with Crippen molar-refractivity contribution in [3.05, 3.63) is 252 Å². The largest absolute Gasteiger partial charge is 0.457 e. The predicted octanol–water partition coefficient (Wildman–Crippen LogP) is 17.0. The van der Waals surface area contributed by atoms with Crippen LogP contribution in [0.1, 0.15) is 0 Å². The molecule has 0 bridgehead atoms. The number of sulfone groups is 2. The van der Waals surface area contributed by atoms with Crippen LogP contribution in [-0.2, 0) is 19.7 Å². The number of rotatable bonds is 15. The van der Waals surface area contributed by atoms with E-state index in [0.29, 0.717) is 51.6 Å². The Morgan fingerprint density at radius 1 is 0.278 bits per heavy atom. The van der Waals surface area contributed by atoms with Gasteiger partial charge in [0, 0.05) is 25.6 Å². The second kappa shape index (κ2) is 20.9. The normalized spacial score (nSPS) is 11.4. The molecule has 0 aromatic heterocycles. The Hall–Kier alpha value is -7.74. The fourth-order valence-corrected chi connectivity index (χ4v) is 11.7. The van der Waals surface area contributed by atoms with Gasteiger partial charge in [0.2, 0.25) is 19.7 Å². The fourth-order valence-electron chi connectivity index (χ4n) is 7.99. The third-order valence-corrected chi connectivity index (χ3v) is 16.5. The highest BCUT2D eigenvalue weighted by molar-refractivity contribution is 9.11. The molecule has 0 saturated heterocycles. The number of hydrogen-bond donors (Lipinski definition) is 0. The van der Waals surface area contributed by atoms with Crippen molar-refractivity contribution in [3.63, 3.8) is 0 Å². The van der Waals surface area contributed by atoms with E-state index in [1.807, 2.05) is 133 Å². The van der Waals surface area contributed by atoms with E-state index in [1.54, 1.807) is 60.7 Å². The third kappa shape index (κ3) is 10.5. The van der Waals surface area contributed by atoms with E-state index in [1.165, 1.54) is 48.5 Å². The monoisotopic (exact) mass is 1110 g/mol. The first-order valence-corrected chi connectivity index (χ1v) is 27.0. The van der Waals surface area contributed by atoms with Gasteiger partial charge in [-0.1, -0.05) is 135 Å². The molecule has 0 fully saturated rings. The van der Waals surface area contributed by atoms with Crippen LogP contribution in [0.2, 0.25) is 0 Å². The van der Waals surface area contributed by atoms with Crippen LogP contribution in [0.25, 0.3) is 33.4 Å². The maximum absolute atomic E-state index is 13.8. The molecule has 0 radical (unpaired) electrons. The summed E-state index contributed by atoms with van der Waals surface area (Å²) in [5, 5.41) is 0.